The SMILES string of the molecule is CNC(=O)Cc1ccc(NC(=O)c2ccc(COc3ccccc3)cc2)cc1. The molecule has 2 amide bonds. The summed E-state index contributed by atoms with van der Waals surface area (Å²) in [5.74, 6) is 0.576. The number of hydrogen-bond acceptors (Lipinski definition) is 3. The van der Waals surface area contributed by atoms with Crippen LogP contribution >= 0.6 is 0 Å². The van der Waals surface area contributed by atoms with Gasteiger partial charge in [-0.2, -0.15) is 0 Å². The Kier molecular flexibility index (Phi) is 6.41. The molecule has 0 fully saturated rings. The van der Waals surface area contributed by atoms with E-state index in [1.807, 2.05) is 54.6 Å². The van der Waals surface area contributed by atoms with Gasteiger partial charge in [-0.15, -0.1) is 0 Å². The molecule has 0 unspecified atom stereocenters. The average molecular weight is 374 g/mol. The van der Waals surface area contributed by atoms with E-state index in [0.29, 0.717) is 24.3 Å². The number of likely N-dealkylation sites (N-methyl/N-ethyl adjacent to an activating group) is 1. The highest BCUT2D eigenvalue weighted by Gasteiger charge is 2.07. The number of amides is 2. The molecule has 0 radical (unpaired) electrons. The zero-order chi connectivity index (χ0) is 19.8. The highest BCUT2D eigenvalue weighted by molar-refractivity contribution is 6.04. The van der Waals surface area contributed by atoms with Crippen LogP contribution in [-0.4, -0.2) is 18.9 Å². The van der Waals surface area contributed by atoms with Crippen molar-refractivity contribution in [2.75, 3.05) is 12.4 Å². The summed E-state index contributed by atoms with van der Waals surface area (Å²) >= 11 is 0. The van der Waals surface area contributed by atoms with Gasteiger partial charge >= 0.3 is 0 Å². The predicted molar refractivity (Wildman–Crippen MR) is 109 cm³/mol. The van der Waals surface area contributed by atoms with Gasteiger partial charge in [-0.05, 0) is 47.5 Å². The summed E-state index contributed by atoms with van der Waals surface area (Å²) in [6.45, 7) is 0.443. The lowest BCUT2D eigenvalue weighted by Crippen LogP contribution is -2.19. The van der Waals surface area contributed by atoms with Gasteiger partial charge < -0.3 is 15.4 Å². The maximum absolute atomic E-state index is 12.4. The largest absolute Gasteiger partial charge is 0.489 e. The molecule has 0 aromatic heterocycles. The highest BCUT2D eigenvalue weighted by Crippen LogP contribution is 2.14. The monoisotopic (exact) mass is 374 g/mol. The Labute approximate surface area is 164 Å². The third-order valence-electron chi connectivity index (χ3n) is 4.22. The molecule has 0 saturated carbocycles. The second kappa shape index (κ2) is 9.37. The van der Waals surface area contributed by atoms with E-state index in [-0.39, 0.29) is 11.8 Å². The van der Waals surface area contributed by atoms with Crippen molar-refractivity contribution < 1.29 is 14.3 Å². The maximum atomic E-state index is 12.4. The van der Waals surface area contributed by atoms with E-state index in [1.54, 1.807) is 31.3 Å². The smallest absolute Gasteiger partial charge is 0.255 e. The second-order valence-electron chi connectivity index (χ2n) is 6.30. The molecule has 142 valence electrons. The highest BCUT2D eigenvalue weighted by atomic mass is 16.5. The summed E-state index contributed by atoms with van der Waals surface area (Å²) < 4.78 is 5.71. The molecule has 2 N–H and O–H groups in total. The minimum absolute atomic E-state index is 0.0480. The first kappa shape index (κ1) is 19.2. The number of hydrogen-bond donors (Lipinski definition) is 2. The van der Waals surface area contributed by atoms with Crippen molar-refractivity contribution in [3.05, 3.63) is 95.6 Å². The first-order valence-corrected chi connectivity index (χ1v) is 9.02. The summed E-state index contributed by atoms with van der Waals surface area (Å²) in [6.07, 6.45) is 0.317. The second-order valence-corrected chi connectivity index (χ2v) is 6.30. The molecule has 0 aliphatic carbocycles. The number of rotatable bonds is 7. The fraction of sp³-hybridized carbons (Fsp3) is 0.130. The minimum Gasteiger partial charge on any atom is -0.489 e. The Balaban J connectivity index is 1.55. The summed E-state index contributed by atoms with van der Waals surface area (Å²) in [6, 6.07) is 24.1. The van der Waals surface area contributed by atoms with Gasteiger partial charge in [0.1, 0.15) is 12.4 Å². The van der Waals surface area contributed by atoms with Gasteiger partial charge in [0.15, 0.2) is 0 Å². The molecule has 3 aromatic rings. The van der Waals surface area contributed by atoms with Crippen molar-refractivity contribution in [3.8, 4) is 5.75 Å². The van der Waals surface area contributed by atoms with Gasteiger partial charge in [-0.1, -0.05) is 42.5 Å². The molecule has 0 aliphatic rings. The van der Waals surface area contributed by atoms with Crippen LogP contribution in [0.5, 0.6) is 5.75 Å². The lowest BCUT2D eigenvalue weighted by molar-refractivity contribution is -0.119. The average Bonchev–Trinajstić information content (AvgIpc) is 2.74. The molecule has 0 bridgehead atoms. The lowest BCUT2D eigenvalue weighted by Gasteiger charge is -2.08. The molecule has 3 rings (SSSR count). The normalized spacial score (nSPS) is 10.2. The Morgan fingerprint density at radius 1 is 0.821 bits per heavy atom. The van der Waals surface area contributed by atoms with Crippen LogP contribution in [0, 0.1) is 0 Å². The Morgan fingerprint density at radius 3 is 2.11 bits per heavy atom. The molecular weight excluding hydrogens is 352 g/mol. The summed E-state index contributed by atoms with van der Waals surface area (Å²) in [5, 5.41) is 5.45. The van der Waals surface area contributed by atoms with Gasteiger partial charge in [0.05, 0.1) is 6.42 Å². The summed E-state index contributed by atoms with van der Waals surface area (Å²) in [7, 11) is 1.61. The van der Waals surface area contributed by atoms with E-state index >= 15 is 0 Å². The molecular formula is C23H22N2O3. The van der Waals surface area contributed by atoms with Crippen LogP contribution in [0.3, 0.4) is 0 Å². The third-order valence-corrected chi connectivity index (χ3v) is 4.22. The van der Waals surface area contributed by atoms with Crippen LogP contribution in [0.2, 0.25) is 0 Å². The fourth-order valence-electron chi connectivity index (χ4n) is 2.62. The number of benzene rings is 3. The Bertz CT molecular complexity index is 920. The van der Waals surface area contributed by atoms with Gasteiger partial charge in [0.25, 0.3) is 5.91 Å². The van der Waals surface area contributed by atoms with Crippen LogP contribution in [0.1, 0.15) is 21.5 Å². The van der Waals surface area contributed by atoms with Gasteiger partial charge in [-0.3, -0.25) is 9.59 Å². The van der Waals surface area contributed by atoms with Crippen molar-refractivity contribution in [2.24, 2.45) is 0 Å². The molecule has 0 spiro atoms. The van der Waals surface area contributed by atoms with Crippen LogP contribution < -0.4 is 15.4 Å². The van der Waals surface area contributed by atoms with Crippen LogP contribution in [0.15, 0.2) is 78.9 Å². The number of carbonyl (C=O) groups excluding carboxylic acids is 2. The molecule has 5 nitrogen and oxygen atoms in total. The summed E-state index contributed by atoms with van der Waals surface area (Å²) in [5.41, 5.74) is 3.12. The van der Waals surface area contributed by atoms with Gasteiger partial charge in [-0.25, -0.2) is 0 Å². The lowest BCUT2D eigenvalue weighted by atomic mass is 10.1. The number of carbonyl (C=O) groups is 2. The minimum atomic E-state index is -0.186. The zero-order valence-electron chi connectivity index (χ0n) is 15.6. The van der Waals surface area contributed by atoms with Gasteiger partial charge in [0.2, 0.25) is 5.91 Å². The standard InChI is InChI=1S/C23H22N2O3/c1-24-22(26)15-17-9-13-20(14-10-17)25-23(27)19-11-7-18(8-12-19)16-28-21-5-3-2-4-6-21/h2-14H,15-16H2,1H3,(H,24,26)(H,25,27). The Morgan fingerprint density at radius 2 is 1.46 bits per heavy atom. The van der Waals surface area contributed by atoms with E-state index in [4.69, 9.17) is 4.74 Å². The van der Waals surface area contributed by atoms with Crippen LogP contribution in [0.25, 0.3) is 0 Å². The Hall–Kier alpha value is -3.60. The van der Waals surface area contributed by atoms with E-state index in [2.05, 4.69) is 10.6 Å². The molecule has 0 heterocycles. The first-order valence-electron chi connectivity index (χ1n) is 9.02. The van der Waals surface area contributed by atoms with Crippen molar-refractivity contribution >= 4 is 17.5 Å². The van der Waals surface area contributed by atoms with Crippen molar-refractivity contribution in [1.29, 1.82) is 0 Å². The van der Waals surface area contributed by atoms with Gasteiger partial charge in [0, 0.05) is 18.3 Å². The van der Waals surface area contributed by atoms with E-state index in [1.165, 1.54) is 0 Å². The zero-order valence-corrected chi connectivity index (χ0v) is 15.6. The van der Waals surface area contributed by atoms with E-state index in [0.717, 1.165) is 16.9 Å². The molecule has 0 saturated heterocycles. The fourth-order valence-corrected chi connectivity index (χ4v) is 2.62. The van der Waals surface area contributed by atoms with Crippen LogP contribution in [0.4, 0.5) is 5.69 Å². The molecule has 28 heavy (non-hydrogen) atoms. The summed E-state index contributed by atoms with van der Waals surface area (Å²) in [4.78, 5) is 23.8. The topological polar surface area (TPSA) is 67.4 Å². The van der Waals surface area contributed by atoms with Crippen molar-refractivity contribution in [3.63, 3.8) is 0 Å². The van der Waals surface area contributed by atoms with E-state index < -0.39 is 0 Å². The number of para-hydroxylation sites is 1. The predicted octanol–water partition coefficient (Wildman–Crippen LogP) is 3.81. The van der Waals surface area contributed by atoms with Crippen molar-refractivity contribution in [2.45, 2.75) is 13.0 Å². The van der Waals surface area contributed by atoms with Crippen molar-refractivity contribution in [1.82, 2.24) is 5.32 Å². The maximum Gasteiger partial charge on any atom is 0.255 e. The number of ether oxygens (including phenoxy) is 1. The molecule has 0 aliphatic heterocycles. The first-order chi connectivity index (χ1) is 13.6. The molecule has 5 heteroatoms. The quantitative estimate of drug-likeness (QED) is 0.661. The van der Waals surface area contributed by atoms with E-state index in [9.17, 15) is 9.59 Å². The molecule has 0 atom stereocenters. The van der Waals surface area contributed by atoms with Crippen LogP contribution in [-0.2, 0) is 17.8 Å². The third kappa shape index (κ3) is 5.45. The molecule has 3 aromatic carbocycles. The number of nitrogens with one attached hydrogen (secondary N) is 2. The number of anilines is 1.